The Kier molecular flexibility index (Phi) is 4.36. The smallest absolute Gasteiger partial charge is 0.101 e. The van der Waals surface area contributed by atoms with E-state index in [1.54, 1.807) is 0 Å². The molecule has 0 saturated carbocycles. The van der Waals surface area contributed by atoms with Crippen molar-refractivity contribution in [3.8, 4) is 0 Å². The van der Waals surface area contributed by atoms with Crippen molar-refractivity contribution in [3.63, 3.8) is 0 Å². The lowest BCUT2D eigenvalue weighted by Gasteiger charge is -2.05. The van der Waals surface area contributed by atoms with Crippen LogP contribution in [0.15, 0.2) is 18.7 Å². The first kappa shape index (κ1) is 13.1. The van der Waals surface area contributed by atoms with E-state index in [1.165, 1.54) is 0 Å². The molecule has 0 amide bonds. The molecule has 0 aliphatic heterocycles. The van der Waals surface area contributed by atoms with Gasteiger partial charge in [-0.3, -0.25) is 0 Å². The van der Waals surface area contributed by atoms with Crippen LogP contribution in [0.5, 0.6) is 0 Å². The second-order valence-corrected chi connectivity index (χ2v) is 4.82. The highest BCUT2D eigenvalue weighted by Gasteiger charge is 2.11. The fourth-order valence-corrected chi connectivity index (χ4v) is 1.93. The minimum Gasteiger partial charge on any atom is -0.333 e. The van der Waals surface area contributed by atoms with Crippen LogP contribution in [0.2, 0.25) is 0 Å². The minimum absolute atomic E-state index is 0.0562. The second-order valence-electron chi connectivity index (χ2n) is 4.30. The molecular weight excluding hydrogens is 250 g/mol. The third-order valence-corrected chi connectivity index (χ3v) is 3.35. The highest BCUT2D eigenvalue weighted by molar-refractivity contribution is 6.20. The molecule has 2 aromatic heterocycles. The van der Waals surface area contributed by atoms with Gasteiger partial charge in [-0.2, -0.15) is 0 Å². The molecule has 0 radical (unpaired) electrons. The molecule has 6 heteroatoms. The SMILES string of the molecule is CCCn1cncc1Cn1cc(C(Cl)CC)nn1. The Bertz CT molecular complexity index is 490. The van der Waals surface area contributed by atoms with Crippen LogP contribution < -0.4 is 0 Å². The fraction of sp³-hybridized carbons (Fsp3) is 0.583. The Morgan fingerprint density at radius 2 is 2.22 bits per heavy atom. The van der Waals surface area contributed by atoms with Gasteiger partial charge in [0.05, 0.1) is 36.3 Å². The van der Waals surface area contributed by atoms with Crippen LogP contribution in [0.1, 0.15) is 43.5 Å². The molecule has 1 unspecified atom stereocenters. The average Bonchev–Trinajstić information content (AvgIpc) is 3.00. The van der Waals surface area contributed by atoms with Crippen molar-refractivity contribution in [1.82, 2.24) is 24.5 Å². The lowest BCUT2D eigenvalue weighted by Crippen LogP contribution is -2.07. The average molecular weight is 268 g/mol. The zero-order chi connectivity index (χ0) is 13.0. The normalized spacial score (nSPS) is 12.8. The molecule has 0 N–H and O–H groups in total. The summed E-state index contributed by atoms with van der Waals surface area (Å²) in [6.07, 6.45) is 7.58. The second kappa shape index (κ2) is 6.00. The number of halogens is 1. The minimum atomic E-state index is -0.0562. The van der Waals surface area contributed by atoms with Gasteiger partial charge >= 0.3 is 0 Å². The summed E-state index contributed by atoms with van der Waals surface area (Å²) in [5, 5.41) is 8.14. The number of imidazole rings is 1. The van der Waals surface area contributed by atoms with E-state index in [0.717, 1.165) is 30.8 Å². The quantitative estimate of drug-likeness (QED) is 0.756. The number of rotatable bonds is 6. The lowest BCUT2D eigenvalue weighted by molar-refractivity contribution is 0.583. The highest BCUT2D eigenvalue weighted by Crippen LogP contribution is 2.20. The molecule has 0 saturated heterocycles. The topological polar surface area (TPSA) is 48.5 Å². The molecule has 98 valence electrons. The van der Waals surface area contributed by atoms with Crippen molar-refractivity contribution >= 4 is 11.6 Å². The largest absolute Gasteiger partial charge is 0.333 e. The van der Waals surface area contributed by atoms with Gasteiger partial charge in [-0.1, -0.05) is 19.1 Å². The summed E-state index contributed by atoms with van der Waals surface area (Å²) in [6.45, 7) is 5.84. The first-order valence-electron chi connectivity index (χ1n) is 6.27. The summed E-state index contributed by atoms with van der Waals surface area (Å²) >= 11 is 6.13. The maximum Gasteiger partial charge on any atom is 0.101 e. The first-order valence-corrected chi connectivity index (χ1v) is 6.71. The monoisotopic (exact) mass is 267 g/mol. The van der Waals surface area contributed by atoms with Crippen LogP contribution in [0.25, 0.3) is 0 Å². The number of aromatic nitrogens is 5. The van der Waals surface area contributed by atoms with E-state index >= 15 is 0 Å². The summed E-state index contributed by atoms with van der Waals surface area (Å²) in [6, 6.07) is 0. The van der Waals surface area contributed by atoms with Crippen LogP contribution in [-0.2, 0) is 13.1 Å². The number of nitrogens with zero attached hydrogens (tertiary/aromatic N) is 5. The highest BCUT2D eigenvalue weighted by atomic mass is 35.5. The van der Waals surface area contributed by atoms with Gasteiger partial charge in [0.25, 0.3) is 0 Å². The van der Waals surface area contributed by atoms with E-state index in [-0.39, 0.29) is 5.38 Å². The third kappa shape index (κ3) is 2.90. The van der Waals surface area contributed by atoms with Gasteiger partial charge in [0, 0.05) is 6.54 Å². The standard InChI is InChI=1S/C12H18ClN5/c1-3-5-17-9-14-6-10(17)7-18-8-12(15-16-18)11(13)4-2/h6,8-9,11H,3-5,7H2,1-2H3. The molecule has 0 fully saturated rings. The number of alkyl halides is 1. The molecule has 0 aliphatic carbocycles. The number of aryl methyl sites for hydroxylation is 1. The van der Waals surface area contributed by atoms with Crippen LogP contribution in [0.3, 0.4) is 0 Å². The Morgan fingerprint density at radius 3 is 2.94 bits per heavy atom. The molecule has 5 nitrogen and oxygen atoms in total. The molecule has 18 heavy (non-hydrogen) atoms. The summed E-state index contributed by atoms with van der Waals surface area (Å²) in [5.74, 6) is 0. The van der Waals surface area contributed by atoms with Gasteiger partial charge < -0.3 is 4.57 Å². The Balaban J connectivity index is 2.09. The maximum absolute atomic E-state index is 6.13. The lowest BCUT2D eigenvalue weighted by atomic mass is 10.3. The summed E-state index contributed by atoms with van der Waals surface area (Å²) < 4.78 is 3.95. The van der Waals surface area contributed by atoms with Gasteiger partial charge in [0.2, 0.25) is 0 Å². The van der Waals surface area contributed by atoms with Gasteiger partial charge in [0.15, 0.2) is 0 Å². The van der Waals surface area contributed by atoms with E-state index in [2.05, 4.69) is 26.8 Å². The van der Waals surface area contributed by atoms with Crippen molar-refractivity contribution in [2.75, 3.05) is 0 Å². The van der Waals surface area contributed by atoms with Gasteiger partial charge in [-0.15, -0.1) is 16.7 Å². The van der Waals surface area contributed by atoms with Crippen molar-refractivity contribution < 1.29 is 0 Å². The predicted molar refractivity (Wildman–Crippen MR) is 70.5 cm³/mol. The van der Waals surface area contributed by atoms with Crippen LogP contribution >= 0.6 is 11.6 Å². The van der Waals surface area contributed by atoms with E-state index in [4.69, 9.17) is 11.6 Å². The molecule has 0 aromatic carbocycles. The Morgan fingerprint density at radius 1 is 1.39 bits per heavy atom. The summed E-state index contributed by atoms with van der Waals surface area (Å²) in [5.41, 5.74) is 1.97. The van der Waals surface area contributed by atoms with Crippen molar-refractivity contribution in [1.29, 1.82) is 0 Å². The molecule has 1 atom stereocenters. The van der Waals surface area contributed by atoms with Gasteiger partial charge in [-0.25, -0.2) is 9.67 Å². The summed E-state index contributed by atoms with van der Waals surface area (Å²) in [7, 11) is 0. The fourth-order valence-electron chi connectivity index (χ4n) is 1.83. The molecule has 0 spiro atoms. The third-order valence-electron chi connectivity index (χ3n) is 2.82. The van der Waals surface area contributed by atoms with E-state index < -0.39 is 0 Å². The zero-order valence-corrected chi connectivity index (χ0v) is 11.5. The maximum atomic E-state index is 6.13. The molecule has 2 aromatic rings. The number of hydrogen-bond donors (Lipinski definition) is 0. The number of hydrogen-bond acceptors (Lipinski definition) is 3. The van der Waals surface area contributed by atoms with Crippen molar-refractivity contribution in [2.24, 2.45) is 0 Å². The predicted octanol–water partition coefficient (Wildman–Crippen LogP) is 2.62. The van der Waals surface area contributed by atoms with Crippen molar-refractivity contribution in [3.05, 3.63) is 30.1 Å². The molecule has 2 heterocycles. The zero-order valence-electron chi connectivity index (χ0n) is 10.8. The van der Waals surface area contributed by atoms with Crippen LogP contribution in [-0.4, -0.2) is 24.5 Å². The molecule has 2 rings (SSSR count). The Hall–Kier alpha value is -1.36. The van der Waals surface area contributed by atoms with Crippen LogP contribution in [0, 0.1) is 0 Å². The van der Waals surface area contributed by atoms with Gasteiger partial charge in [0.1, 0.15) is 5.69 Å². The van der Waals surface area contributed by atoms with Crippen molar-refractivity contribution in [2.45, 2.75) is 45.2 Å². The van der Waals surface area contributed by atoms with Crippen LogP contribution in [0.4, 0.5) is 0 Å². The first-order chi connectivity index (χ1) is 8.74. The van der Waals surface area contributed by atoms with Gasteiger partial charge in [-0.05, 0) is 12.8 Å². The molecule has 0 aliphatic rings. The van der Waals surface area contributed by atoms with E-state index in [1.807, 2.05) is 30.3 Å². The van der Waals surface area contributed by atoms with E-state index in [0.29, 0.717) is 6.54 Å². The summed E-state index contributed by atoms with van der Waals surface area (Å²) in [4.78, 5) is 4.17. The molecular formula is C12H18ClN5. The Labute approximate surface area is 112 Å². The van der Waals surface area contributed by atoms with E-state index in [9.17, 15) is 0 Å². The molecule has 0 bridgehead atoms.